The van der Waals surface area contributed by atoms with E-state index in [0.29, 0.717) is 31.1 Å². The molecule has 1 heterocycles. The zero-order valence-electron chi connectivity index (χ0n) is 17.9. The number of methoxy groups -OCH3 is 2. The molecule has 3 rings (SSSR count). The van der Waals surface area contributed by atoms with Crippen LogP contribution in [-0.2, 0) is 11.2 Å². The van der Waals surface area contributed by atoms with Gasteiger partial charge in [0, 0.05) is 6.54 Å². The lowest BCUT2D eigenvalue weighted by Crippen LogP contribution is -2.33. The van der Waals surface area contributed by atoms with Gasteiger partial charge in [0.1, 0.15) is 5.75 Å². The lowest BCUT2D eigenvalue weighted by molar-refractivity contribution is -0.126. The molecular weight excluding hydrogens is 400 g/mol. The number of rotatable bonds is 9. The number of hydrogen-bond donors (Lipinski definition) is 0. The van der Waals surface area contributed by atoms with E-state index in [1.807, 2.05) is 49.4 Å². The van der Waals surface area contributed by atoms with Crippen molar-refractivity contribution in [3.8, 4) is 17.2 Å². The largest absolute Gasteiger partial charge is 0.494 e. The van der Waals surface area contributed by atoms with Gasteiger partial charge < -0.3 is 14.2 Å². The van der Waals surface area contributed by atoms with Crippen LogP contribution in [0.5, 0.6) is 17.2 Å². The van der Waals surface area contributed by atoms with Crippen molar-refractivity contribution < 1.29 is 19.0 Å². The fourth-order valence-electron chi connectivity index (χ4n) is 3.27. The van der Waals surface area contributed by atoms with Gasteiger partial charge >= 0.3 is 0 Å². The molecule has 1 amide bonds. The normalized spacial score (nSPS) is 17.5. The number of hydrogen-bond acceptors (Lipinski definition) is 6. The van der Waals surface area contributed by atoms with Crippen LogP contribution in [0.2, 0.25) is 0 Å². The van der Waals surface area contributed by atoms with Crippen LogP contribution in [-0.4, -0.2) is 48.6 Å². The van der Waals surface area contributed by atoms with Gasteiger partial charge in [0.15, 0.2) is 16.7 Å². The first-order valence-electron chi connectivity index (χ1n) is 10.1. The molecule has 2 aromatic carbocycles. The first kappa shape index (κ1) is 22.0. The van der Waals surface area contributed by atoms with Crippen molar-refractivity contribution >= 4 is 28.5 Å². The maximum absolute atomic E-state index is 13.1. The third-order valence-electron chi connectivity index (χ3n) is 4.71. The van der Waals surface area contributed by atoms with Gasteiger partial charge in [0.05, 0.1) is 31.8 Å². The van der Waals surface area contributed by atoms with E-state index in [-0.39, 0.29) is 11.2 Å². The van der Waals surface area contributed by atoms with Crippen LogP contribution in [0.15, 0.2) is 47.5 Å². The molecule has 1 atom stereocenters. The molecule has 160 valence electrons. The molecule has 6 nitrogen and oxygen atoms in total. The standard InChI is InChI=1S/C23H28N2O4S/c1-5-13-25-22(26)21(15-16-7-12-19(27-3)20(14-16)28-4)30-23(25)24-17-8-10-18(11-9-17)29-6-2/h7-12,14,21H,5-6,13,15H2,1-4H3/t21-/m0/s1. The van der Waals surface area contributed by atoms with Gasteiger partial charge in [-0.2, -0.15) is 0 Å². The lowest BCUT2D eigenvalue weighted by atomic mass is 10.1. The van der Waals surface area contributed by atoms with Crippen LogP contribution in [0.1, 0.15) is 25.8 Å². The molecule has 1 saturated heterocycles. The van der Waals surface area contributed by atoms with E-state index in [9.17, 15) is 4.79 Å². The number of amidine groups is 1. The third kappa shape index (κ3) is 5.08. The van der Waals surface area contributed by atoms with Gasteiger partial charge in [-0.25, -0.2) is 4.99 Å². The Balaban J connectivity index is 1.80. The molecule has 0 radical (unpaired) electrons. The number of nitrogens with zero attached hydrogens (tertiary/aromatic N) is 2. The highest BCUT2D eigenvalue weighted by molar-refractivity contribution is 8.15. The van der Waals surface area contributed by atoms with Gasteiger partial charge in [-0.3, -0.25) is 9.69 Å². The van der Waals surface area contributed by atoms with Crippen LogP contribution in [0, 0.1) is 0 Å². The van der Waals surface area contributed by atoms with Crippen LogP contribution >= 0.6 is 11.8 Å². The molecule has 0 aliphatic carbocycles. The number of carbonyl (C=O) groups excluding carboxylic acids is 1. The monoisotopic (exact) mass is 428 g/mol. The van der Waals surface area contributed by atoms with E-state index in [1.54, 1.807) is 19.1 Å². The first-order valence-corrected chi connectivity index (χ1v) is 11.0. The van der Waals surface area contributed by atoms with Gasteiger partial charge in [0.25, 0.3) is 0 Å². The van der Waals surface area contributed by atoms with Gasteiger partial charge in [-0.05, 0) is 61.7 Å². The maximum atomic E-state index is 13.1. The molecule has 0 bridgehead atoms. The zero-order valence-corrected chi connectivity index (χ0v) is 18.7. The summed E-state index contributed by atoms with van der Waals surface area (Å²) in [5.74, 6) is 2.26. The second-order valence-corrected chi connectivity index (χ2v) is 7.98. The molecule has 0 unspecified atom stereocenters. The van der Waals surface area contributed by atoms with Crippen molar-refractivity contribution in [2.45, 2.75) is 31.9 Å². The van der Waals surface area contributed by atoms with E-state index in [2.05, 4.69) is 6.92 Å². The van der Waals surface area contributed by atoms with Gasteiger partial charge in [0.2, 0.25) is 5.91 Å². The Bertz CT molecular complexity index is 899. The van der Waals surface area contributed by atoms with E-state index in [0.717, 1.165) is 28.6 Å². The quantitative estimate of drug-likeness (QED) is 0.580. The molecular formula is C23H28N2O4S. The number of amides is 1. The highest BCUT2D eigenvalue weighted by Crippen LogP contribution is 2.34. The smallest absolute Gasteiger partial charge is 0.242 e. The van der Waals surface area contributed by atoms with E-state index in [4.69, 9.17) is 19.2 Å². The van der Waals surface area contributed by atoms with Crippen LogP contribution in [0.3, 0.4) is 0 Å². The Hall–Kier alpha value is -2.67. The summed E-state index contributed by atoms with van der Waals surface area (Å²) in [5, 5.41) is 0.535. The summed E-state index contributed by atoms with van der Waals surface area (Å²) in [6.45, 7) is 5.30. The van der Waals surface area contributed by atoms with Crippen molar-refractivity contribution in [3.05, 3.63) is 48.0 Å². The summed E-state index contributed by atoms with van der Waals surface area (Å²) in [4.78, 5) is 19.6. The summed E-state index contributed by atoms with van der Waals surface area (Å²) in [6, 6.07) is 13.4. The molecule has 0 saturated carbocycles. The number of carbonyl (C=O) groups is 1. The molecule has 0 spiro atoms. The Morgan fingerprint density at radius 2 is 1.77 bits per heavy atom. The predicted octanol–water partition coefficient (Wildman–Crippen LogP) is 4.69. The van der Waals surface area contributed by atoms with E-state index >= 15 is 0 Å². The lowest BCUT2D eigenvalue weighted by Gasteiger charge is -2.15. The zero-order chi connectivity index (χ0) is 21.5. The van der Waals surface area contributed by atoms with E-state index < -0.39 is 0 Å². The van der Waals surface area contributed by atoms with Crippen molar-refractivity contribution in [2.75, 3.05) is 27.4 Å². The van der Waals surface area contributed by atoms with E-state index in [1.165, 1.54) is 11.8 Å². The van der Waals surface area contributed by atoms with Crippen LogP contribution in [0.4, 0.5) is 5.69 Å². The highest BCUT2D eigenvalue weighted by Gasteiger charge is 2.37. The number of benzene rings is 2. The van der Waals surface area contributed by atoms with Crippen molar-refractivity contribution in [1.29, 1.82) is 0 Å². The second-order valence-electron chi connectivity index (χ2n) is 6.81. The van der Waals surface area contributed by atoms with Crippen molar-refractivity contribution in [2.24, 2.45) is 4.99 Å². The fraction of sp³-hybridized carbons (Fsp3) is 0.391. The minimum Gasteiger partial charge on any atom is -0.494 e. The minimum absolute atomic E-state index is 0.0984. The Morgan fingerprint density at radius 1 is 1.03 bits per heavy atom. The molecule has 2 aromatic rings. The minimum atomic E-state index is -0.212. The SMILES string of the molecule is CCCN1C(=O)[C@H](Cc2ccc(OC)c(OC)c2)SC1=Nc1ccc(OCC)cc1. The molecule has 0 N–H and O–H groups in total. The molecule has 30 heavy (non-hydrogen) atoms. The second kappa shape index (κ2) is 10.4. The molecule has 0 aromatic heterocycles. The summed E-state index contributed by atoms with van der Waals surface area (Å²) in [5.41, 5.74) is 1.83. The van der Waals surface area contributed by atoms with Crippen LogP contribution < -0.4 is 14.2 Å². The van der Waals surface area contributed by atoms with Gasteiger partial charge in [-0.15, -0.1) is 0 Å². The maximum Gasteiger partial charge on any atom is 0.242 e. The summed E-state index contributed by atoms with van der Waals surface area (Å²) >= 11 is 1.52. The Morgan fingerprint density at radius 3 is 2.40 bits per heavy atom. The Labute approximate surface area is 182 Å². The molecule has 7 heteroatoms. The Kier molecular flexibility index (Phi) is 7.63. The topological polar surface area (TPSA) is 60.4 Å². The molecule has 1 fully saturated rings. The molecule has 1 aliphatic heterocycles. The average Bonchev–Trinajstić information content (AvgIpc) is 3.04. The highest BCUT2D eigenvalue weighted by atomic mass is 32.2. The summed E-state index contributed by atoms with van der Waals surface area (Å²) in [6.07, 6.45) is 1.48. The number of thioether (sulfide) groups is 1. The average molecular weight is 429 g/mol. The first-order chi connectivity index (χ1) is 14.6. The third-order valence-corrected chi connectivity index (χ3v) is 5.88. The number of ether oxygens (including phenoxy) is 3. The van der Waals surface area contributed by atoms with Crippen molar-refractivity contribution in [3.63, 3.8) is 0 Å². The van der Waals surface area contributed by atoms with Crippen molar-refractivity contribution in [1.82, 2.24) is 4.90 Å². The molecule has 1 aliphatic rings. The fourth-order valence-corrected chi connectivity index (χ4v) is 4.50. The van der Waals surface area contributed by atoms with Crippen LogP contribution in [0.25, 0.3) is 0 Å². The summed E-state index contributed by atoms with van der Waals surface area (Å²) in [7, 11) is 3.22. The summed E-state index contributed by atoms with van der Waals surface area (Å²) < 4.78 is 16.2. The number of aliphatic imine (C=N–C) groups is 1. The van der Waals surface area contributed by atoms with Gasteiger partial charge in [-0.1, -0.05) is 24.8 Å². The predicted molar refractivity (Wildman–Crippen MR) is 121 cm³/mol.